The van der Waals surface area contributed by atoms with Gasteiger partial charge in [-0.15, -0.1) is 12.4 Å². The van der Waals surface area contributed by atoms with Crippen molar-refractivity contribution in [2.45, 2.75) is 19.4 Å². The lowest BCUT2D eigenvalue weighted by Crippen LogP contribution is -2.37. The zero-order valence-corrected chi connectivity index (χ0v) is 14.1. The summed E-state index contributed by atoms with van der Waals surface area (Å²) in [5.41, 5.74) is 5.88. The molecule has 1 aromatic carbocycles. The number of carbonyl (C=O) groups excluding carboxylic acids is 2. The highest BCUT2D eigenvalue weighted by Gasteiger charge is 2.16. The molecule has 0 spiro atoms. The molecule has 5 nitrogen and oxygen atoms in total. The summed E-state index contributed by atoms with van der Waals surface area (Å²) in [5, 5.41) is 3.28. The molecule has 0 radical (unpaired) electrons. The van der Waals surface area contributed by atoms with Crippen LogP contribution in [0.2, 0.25) is 10.0 Å². The van der Waals surface area contributed by atoms with E-state index >= 15 is 0 Å². The first-order valence-corrected chi connectivity index (χ1v) is 6.80. The molecule has 8 heteroatoms. The molecule has 1 rings (SSSR count). The third-order valence-corrected chi connectivity index (χ3v) is 3.16. The lowest BCUT2D eigenvalue weighted by atomic mass is 10.2. The SMILES string of the molecule is CC(N)CC(=O)N(C)CC(=O)Nc1c(Cl)cccc1Cl.Cl. The predicted octanol–water partition coefficient (Wildman–Crippen LogP) is 2.55. The highest BCUT2D eigenvalue weighted by atomic mass is 35.5. The van der Waals surface area contributed by atoms with E-state index in [0.717, 1.165) is 0 Å². The van der Waals surface area contributed by atoms with Crippen molar-refractivity contribution in [1.82, 2.24) is 4.90 Å². The van der Waals surface area contributed by atoms with Crippen molar-refractivity contribution in [2.75, 3.05) is 18.9 Å². The van der Waals surface area contributed by atoms with E-state index in [2.05, 4.69) is 5.32 Å². The molecule has 2 amide bonds. The van der Waals surface area contributed by atoms with Crippen molar-refractivity contribution < 1.29 is 9.59 Å². The van der Waals surface area contributed by atoms with Crippen molar-refractivity contribution in [3.8, 4) is 0 Å². The highest BCUT2D eigenvalue weighted by Crippen LogP contribution is 2.29. The van der Waals surface area contributed by atoms with Gasteiger partial charge in [-0.3, -0.25) is 9.59 Å². The Labute approximate surface area is 140 Å². The lowest BCUT2D eigenvalue weighted by Gasteiger charge is -2.18. The van der Waals surface area contributed by atoms with Gasteiger partial charge in [0.05, 0.1) is 22.3 Å². The first-order chi connectivity index (χ1) is 9.31. The predicted molar refractivity (Wildman–Crippen MR) is 88.2 cm³/mol. The number of likely N-dealkylation sites (N-methyl/N-ethyl adjacent to an activating group) is 1. The van der Waals surface area contributed by atoms with Crippen LogP contribution in [-0.4, -0.2) is 36.3 Å². The van der Waals surface area contributed by atoms with Gasteiger partial charge in [0.2, 0.25) is 11.8 Å². The van der Waals surface area contributed by atoms with Crippen LogP contribution < -0.4 is 11.1 Å². The van der Waals surface area contributed by atoms with Gasteiger partial charge in [0.1, 0.15) is 0 Å². The minimum atomic E-state index is -0.375. The normalized spacial score (nSPS) is 11.3. The maximum atomic E-state index is 11.9. The summed E-state index contributed by atoms with van der Waals surface area (Å²) >= 11 is 11.9. The third kappa shape index (κ3) is 6.52. The van der Waals surface area contributed by atoms with Gasteiger partial charge >= 0.3 is 0 Å². The van der Waals surface area contributed by atoms with E-state index in [1.54, 1.807) is 32.2 Å². The minimum Gasteiger partial charge on any atom is -0.336 e. The Kier molecular flexibility index (Phi) is 8.66. The van der Waals surface area contributed by atoms with E-state index < -0.39 is 0 Å². The molecule has 3 N–H and O–H groups in total. The first kappa shape index (κ1) is 20.0. The molecular formula is C13H18Cl3N3O2. The molecule has 0 aliphatic rings. The quantitative estimate of drug-likeness (QED) is 0.853. The van der Waals surface area contributed by atoms with Crippen LogP contribution in [0.5, 0.6) is 0 Å². The fourth-order valence-corrected chi connectivity index (χ4v) is 2.02. The van der Waals surface area contributed by atoms with Gasteiger partial charge in [0, 0.05) is 19.5 Å². The van der Waals surface area contributed by atoms with E-state index in [9.17, 15) is 9.59 Å². The Morgan fingerprint density at radius 2 is 1.86 bits per heavy atom. The van der Waals surface area contributed by atoms with Crippen LogP contribution in [0.1, 0.15) is 13.3 Å². The Balaban J connectivity index is 0.00000400. The van der Waals surface area contributed by atoms with E-state index in [1.165, 1.54) is 4.90 Å². The van der Waals surface area contributed by atoms with Gasteiger partial charge in [-0.2, -0.15) is 0 Å². The van der Waals surface area contributed by atoms with Gasteiger partial charge < -0.3 is 16.0 Å². The third-order valence-electron chi connectivity index (χ3n) is 2.53. The Morgan fingerprint density at radius 1 is 1.33 bits per heavy atom. The number of benzene rings is 1. The molecular weight excluding hydrogens is 337 g/mol. The summed E-state index contributed by atoms with van der Waals surface area (Å²) in [6.07, 6.45) is 0.191. The minimum absolute atomic E-state index is 0. The summed E-state index contributed by atoms with van der Waals surface area (Å²) < 4.78 is 0. The van der Waals surface area contributed by atoms with Crippen LogP contribution in [0, 0.1) is 0 Å². The van der Waals surface area contributed by atoms with Gasteiger partial charge in [-0.1, -0.05) is 29.3 Å². The standard InChI is InChI=1S/C13H17Cl2N3O2.ClH/c1-8(16)6-12(20)18(2)7-11(19)17-13-9(14)4-3-5-10(13)15;/h3-5,8H,6-7,16H2,1-2H3,(H,17,19);1H. The van der Waals surface area contributed by atoms with Crippen LogP contribution >= 0.6 is 35.6 Å². The average Bonchev–Trinajstić information content (AvgIpc) is 2.33. The average molecular weight is 355 g/mol. The number of halogens is 3. The largest absolute Gasteiger partial charge is 0.336 e. The molecule has 0 heterocycles. The van der Waals surface area contributed by atoms with Crippen LogP contribution in [0.4, 0.5) is 5.69 Å². The second-order valence-electron chi connectivity index (χ2n) is 4.58. The fourth-order valence-electron chi connectivity index (χ4n) is 1.53. The number of amides is 2. The smallest absolute Gasteiger partial charge is 0.244 e. The molecule has 1 aromatic rings. The van der Waals surface area contributed by atoms with E-state index in [-0.39, 0.29) is 43.2 Å². The molecule has 0 fully saturated rings. The molecule has 0 aliphatic carbocycles. The number of nitrogens with two attached hydrogens (primary N) is 1. The summed E-state index contributed by atoms with van der Waals surface area (Å²) in [7, 11) is 1.54. The lowest BCUT2D eigenvalue weighted by molar-refractivity contribution is -0.133. The summed E-state index contributed by atoms with van der Waals surface area (Å²) in [5.74, 6) is -0.569. The molecule has 0 aromatic heterocycles. The number of anilines is 1. The number of nitrogens with one attached hydrogen (secondary N) is 1. The molecule has 1 unspecified atom stereocenters. The second kappa shape index (κ2) is 9.10. The van der Waals surface area contributed by atoms with Crippen molar-refractivity contribution in [2.24, 2.45) is 5.73 Å². The Morgan fingerprint density at radius 3 is 2.33 bits per heavy atom. The van der Waals surface area contributed by atoms with Gasteiger partial charge in [0.25, 0.3) is 0 Å². The number of rotatable bonds is 5. The van der Waals surface area contributed by atoms with Gasteiger partial charge in [0.15, 0.2) is 0 Å². The number of nitrogens with zero attached hydrogens (tertiary/aromatic N) is 1. The number of hydrogen-bond donors (Lipinski definition) is 2. The van der Waals surface area contributed by atoms with Crippen molar-refractivity contribution in [1.29, 1.82) is 0 Å². The zero-order chi connectivity index (χ0) is 15.3. The molecule has 21 heavy (non-hydrogen) atoms. The van der Waals surface area contributed by atoms with Crippen molar-refractivity contribution in [3.05, 3.63) is 28.2 Å². The molecule has 0 aliphatic heterocycles. The van der Waals surface area contributed by atoms with Crippen molar-refractivity contribution >= 4 is 53.1 Å². The van der Waals surface area contributed by atoms with Crippen molar-refractivity contribution in [3.63, 3.8) is 0 Å². The zero-order valence-electron chi connectivity index (χ0n) is 11.7. The summed E-state index contributed by atoms with van der Waals surface area (Å²) in [6.45, 7) is 1.64. The van der Waals surface area contributed by atoms with Crippen LogP contribution in [0.15, 0.2) is 18.2 Å². The molecule has 0 saturated carbocycles. The van der Waals surface area contributed by atoms with Crippen LogP contribution in [-0.2, 0) is 9.59 Å². The first-order valence-electron chi connectivity index (χ1n) is 6.04. The molecule has 1 atom stereocenters. The van der Waals surface area contributed by atoms with Gasteiger partial charge in [-0.25, -0.2) is 0 Å². The highest BCUT2D eigenvalue weighted by molar-refractivity contribution is 6.39. The van der Waals surface area contributed by atoms with Gasteiger partial charge in [-0.05, 0) is 19.1 Å². The van der Waals surface area contributed by atoms with Crippen LogP contribution in [0.25, 0.3) is 0 Å². The monoisotopic (exact) mass is 353 g/mol. The number of hydrogen-bond acceptors (Lipinski definition) is 3. The number of para-hydroxylation sites is 1. The maximum absolute atomic E-state index is 11.9. The van der Waals surface area contributed by atoms with E-state index in [1.807, 2.05) is 0 Å². The van der Waals surface area contributed by atoms with E-state index in [0.29, 0.717) is 15.7 Å². The molecule has 0 bridgehead atoms. The molecule has 0 saturated heterocycles. The Bertz CT molecular complexity index is 489. The molecule has 118 valence electrons. The topological polar surface area (TPSA) is 75.4 Å². The number of carbonyl (C=O) groups is 2. The second-order valence-corrected chi connectivity index (χ2v) is 5.39. The fraction of sp³-hybridized carbons (Fsp3) is 0.385. The summed E-state index contributed by atoms with van der Waals surface area (Å²) in [4.78, 5) is 24.9. The Hall–Kier alpha value is -1.01. The maximum Gasteiger partial charge on any atom is 0.244 e. The van der Waals surface area contributed by atoms with Crippen LogP contribution in [0.3, 0.4) is 0 Å². The van der Waals surface area contributed by atoms with E-state index in [4.69, 9.17) is 28.9 Å². The summed E-state index contributed by atoms with van der Waals surface area (Å²) in [6, 6.07) is 4.67.